The molecular weight excluding hydrogens is 250 g/mol. The maximum atomic E-state index is 13.1. The lowest BCUT2D eigenvalue weighted by molar-refractivity contribution is -0.139. The highest BCUT2D eigenvalue weighted by Gasteiger charge is 2.34. The number of aryl methyl sites for hydroxylation is 1. The Bertz CT molecular complexity index is 560. The summed E-state index contributed by atoms with van der Waals surface area (Å²) in [5, 5.41) is 2.68. The first-order valence-electron chi connectivity index (χ1n) is 4.99. The fourth-order valence-electron chi connectivity index (χ4n) is 1.44. The molecule has 0 bridgehead atoms. The van der Waals surface area contributed by atoms with Crippen molar-refractivity contribution in [2.45, 2.75) is 6.18 Å². The lowest BCUT2D eigenvalue weighted by Crippen LogP contribution is -2.09. The lowest BCUT2D eigenvalue weighted by Gasteiger charge is -2.11. The molecule has 3 nitrogen and oxygen atoms in total. The molecule has 2 rings (SSSR count). The molecule has 0 radical (unpaired) electrons. The number of benzene rings is 1. The zero-order valence-corrected chi connectivity index (χ0v) is 9.29. The fraction of sp³-hybridized carbons (Fsp3) is 0.182. The number of anilines is 2. The van der Waals surface area contributed by atoms with E-state index in [-0.39, 0.29) is 5.69 Å². The molecule has 1 aromatic heterocycles. The van der Waals surface area contributed by atoms with Crippen LogP contribution in [-0.2, 0) is 13.2 Å². The average Bonchev–Trinajstić information content (AvgIpc) is 2.66. The van der Waals surface area contributed by atoms with Crippen molar-refractivity contribution in [3.63, 3.8) is 0 Å². The minimum absolute atomic E-state index is 0.123. The Morgan fingerprint density at radius 1 is 1.28 bits per heavy atom. The Balaban J connectivity index is 2.33. The van der Waals surface area contributed by atoms with E-state index in [0.717, 1.165) is 6.07 Å². The van der Waals surface area contributed by atoms with E-state index in [2.05, 4.69) is 10.3 Å². The van der Waals surface area contributed by atoms with E-state index in [4.69, 9.17) is 0 Å². The van der Waals surface area contributed by atoms with E-state index in [1.165, 1.54) is 12.3 Å². The third-order valence-electron chi connectivity index (χ3n) is 2.35. The van der Waals surface area contributed by atoms with Gasteiger partial charge in [0.2, 0.25) is 5.95 Å². The SMILES string of the molecule is Cn1ccnc1Nc1ccc(F)c(C(F)(F)F)c1. The molecule has 0 atom stereocenters. The molecule has 1 N–H and O–H groups in total. The standard InChI is InChI=1S/C11H9F4N3/c1-18-5-4-16-10(18)17-7-2-3-9(12)8(6-7)11(13,14)15/h2-6H,1H3,(H,16,17). The van der Waals surface area contributed by atoms with Gasteiger partial charge in [-0.3, -0.25) is 0 Å². The first-order chi connectivity index (χ1) is 8.38. The van der Waals surface area contributed by atoms with E-state index >= 15 is 0 Å². The number of imidazole rings is 1. The zero-order valence-electron chi connectivity index (χ0n) is 9.29. The highest BCUT2D eigenvalue weighted by molar-refractivity contribution is 5.55. The number of halogens is 4. The van der Waals surface area contributed by atoms with Gasteiger partial charge in [-0.1, -0.05) is 0 Å². The Morgan fingerprint density at radius 3 is 2.56 bits per heavy atom. The molecule has 1 aromatic carbocycles. The van der Waals surface area contributed by atoms with Gasteiger partial charge in [0.05, 0.1) is 5.56 Å². The largest absolute Gasteiger partial charge is 0.419 e. The van der Waals surface area contributed by atoms with Gasteiger partial charge in [0.1, 0.15) is 5.82 Å². The quantitative estimate of drug-likeness (QED) is 0.838. The second kappa shape index (κ2) is 4.32. The maximum Gasteiger partial charge on any atom is 0.419 e. The van der Waals surface area contributed by atoms with E-state index in [0.29, 0.717) is 12.0 Å². The summed E-state index contributed by atoms with van der Waals surface area (Å²) in [5.74, 6) is -0.928. The Labute approximate surface area is 100 Å². The van der Waals surface area contributed by atoms with Crippen LogP contribution in [0.1, 0.15) is 5.56 Å². The number of nitrogens with zero attached hydrogens (tertiary/aromatic N) is 2. The molecule has 0 spiro atoms. The molecule has 0 fully saturated rings. The Morgan fingerprint density at radius 2 is 2.00 bits per heavy atom. The summed E-state index contributed by atoms with van der Waals surface area (Å²) in [4.78, 5) is 3.90. The van der Waals surface area contributed by atoms with Gasteiger partial charge in [0.15, 0.2) is 0 Å². The summed E-state index contributed by atoms with van der Waals surface area (Å²) in [5.41, 5.74) is -1.18. The Hall–Kier alpha value is -2.05. The second-order valence-electron chi connectivity index (χ2n) is 3.68. The van der Waals surface area contributed by atoms with E-state index in [1.54, 1.807) is 17.8 Å². The van der Waals surface area contributed by atoms with Crippen LogP contribution in [0.3, 0.4) is 0 Å². The molecule has 0 aliphatic rings. The van der Waals surface area contributed by atoms with Crippen molar-refractivity contribution in [1.29, 1.82) is 0 Å². The van der Waals surface area contributed by atoms with Crippen LogP contribution >= 0.6 is 0 Å². The number of rotatable bonds is 2. The van der Waals surface area contributed by atoms with Crippen molar-refractivity contribution in [2.24, 2.45) is 7.05 Å². The molecule has 18 heavy (non-hydrogen) atoms. The highest BCUT2D eigenvalue weighted by atomic mass is 19.4. The van der Waals surface area contributed by atoms with Crippen molar-refractivity contribution in [3.05, 3.63) is 42.0 Å². The summed E-state index contributed by atoms with van der Waals surface area (Å²) < 4.78 is 52.1. The highest BCUT2D eigenvalue weighted by Crippen LogP contribution is 2.33. The molecule has 0 aliphatic heterocycles. The first-order valence-corrected chi connectivity index (χ1v) is 4.99. The van der Waals surface area contributed by atoms with Crippen LogP contribution in [0.2, 0.25) is 0 Å². The van der Waals surface area contributed by atoms with Gasteiger partial charge in [0.25, 0.3) is 0 Å². The van der Waals surface area contributed by atoms with Crippen LogP contribution in [-0.4, -0.2) is 9.55 Å². The summed E-state index contributed by atoms with van der Waals surface area (Å²) >= 11 is 0. The van der Waals surface area contributed by atoms with Crippen LogP contribution in [0.5, 0.6) is 0 Å². The summed E-state index contributed by atoms with van der Waals surface area (Å²) in [6, 6.07) is 2.71. The van der Waals surface area contributed by atoms with Crippen LogP contribution in [0.15, 0.2) is 30.6 Å². The number of hydrogen-bond acceptors (Lipinski definition) is 2. The van der Waals surface area contributed by atoms with Crippen LogP contribution in [0.4, 0.5) is 29.2 Å². The Kier molecular flexibility index (Phi) is 2.98. The van der Waals surface area contributed by atoms with Crippen molar-refractivity contribution in [2.75, 3.05) is 5.32 Å². The predicted molar refractivity (Wildman–Crippen MR) is 57.9 cm³/mol. The minimum Gasteiger partial charge on any atom is -0.326 e. The monoisotopic (exact) mass is 259 g/mol. The molecule has 96 valence electrons. The molecule has 0 aliphatic carbocycles. The summed E-state index contributed by atoms with van der Waals surface area (Å²) in [6.07, 6.45) is -1.59. The number of aromatic nitrogens is 2. The van der Waals surface area contributed by atoms with Crippen molar-refractivity contribution in [3.8, 4) is 0 Å². The van der Waals surface area contributed by atoms with Gasteiger partial charge in [0, 0.05) is 25.1 Å². The topological polar surface area (TPSA) is 29.9 Å². The van der Waals surface area contributed by atoms with Crippen LogP contribution in [0, 0.1) is 5.82 Å². The third-order valence-corrected chi connectivity index (χ3v) is 2.35. The van der Waals surface area contributed by atoms with Gasteiger partial charge in [-0.25, -0.2) is 9.37 Å². The third kappa shape index (κ3) is 2.44. The molecular formula is C11H9F4N3. The maximum absolute atomic E-state index is 13.1. The molecule has 0 unspecified atom stereocenters. The molecule has 0 saturated carbocycles. The van der Waals surface area contributed by atoms with Gasteiger partial charge < -0.3 is 9.88 Å². The van der Waals surface area contributed by atoms with Gasteiger partial charge in [-0.05, 0) is 18.2 Å². The van der Waals surface area contributed by atoms with Crippen molar-refractivity contribution >= 4 is 11.6 Å². The van der Waals surface area contributed by atoms with Crippen LogP contribution < -0.4 is 5.32 Å². The van der Waals surface area contributed by atoms with E-state index < -0.39 is 17.6 Å². The summed E-state index contributed by atoms with van der Waals surface area (Å²) in [6.45, 7) is 0. The molecule has 7 heteroatoms. The minimum atomic E-state index is -4.72. The number of hydrogen-bond donors (Lipinski definition) is 1. The predicted octanol–water partition coefficient (Wildman–Crippen LogP) is 3.32. The molecule has 0 amide bonds. The molecule has 0 saturated heterocycles. The lowest BCUT2D eigenvalue weighted by atomic mass is 10.2. The van der Waals surface area contributed by atoms with Crippen molar-refractivity contribution in [1.82, 2.24) is 9.55 Å². The number of alkyl halides is 3. The zero-order chi connectivity index (χ0) is 13.3. The average molecular weight is 259 g/mol. The van der Waals surface area contributed by atoms with Gasteiger partial charge >= 0.3 is 6.18 Å². The van der Waals surface area contributed by atoms with Crippen molar-refractivity contribution < 1.29 is 17.6 Å². The molecule has 1 heterocycles. The normalized spacial score (nSPS) is 11.6. The van der Waals surface area contributed by atoms with E-state index in [1.807, 2.05) is 0 Å². The first kappa shape index (κ1) is 12.4. The summed E-state index contributed by atoms with van der Waals surface area (Å²) in [7, 11) is 1.68. The smallest absolute Gasteiger partial charge is 0.326 e. The fourth-order valence-corrected chi connectivity index (χ4v) is 1.44. The van der Waals surface area contributed by atoms with Crippen LogP contribution in [0.25, 0.3) is 0 Å². The number of nitrogens with one attached hydrogen (secondary N) is 1. The second-order valence-corrected chi connectivity index (χ2v) is 3.68. The van der Waals surface area contributed by atoms with E-state index in [9.17, 15) is 17.6 Å². The van der Waals surface area contributed by atoms with Gasteiger partial charge in [-0.2, -0.15) is 13.2 Å². The van der Waals surface area contributed by atoms with Gasteiger partial charge in [-0.15, -0.1) is 0 Å². The molecule has 2 aromatic rings.